The van der Waals surface area contributed by atoms with E-state index in [1.165, 1.54) is 26.1 Å². The summed E-state index contributed by atoms with van der Waals surface area (Å²) in [4.78, 5) is 35.5. The van der Waals surface area contributed by atoms with Gasteiger partial charge in [0.2, 0.25) is 0 Å². The highest BCUT2D eigenvalue weighted by Crippen LogP contribution is 2.27. The number of esters is 1. The topological polar surface area (TPSA) is 114 Å². The summed E-state index contributed by atoms with van der Waals surface area (Å²) >= 11 is 0. The van der Waals surface area contributed by atoms with Gasteiger partial charge in [-0.25, -0.2) is 9.48 Å². The Bertz CT molecular complexity index is 728. The molecule has 1 saturated carbocycles. The molecule has 0 aromatic carbocycles. The normalized spacial score (nSPS) is 17.4. The van der Waals surface area contributed by atoms with E-state index in [2.05, 4.69) is 16.5 Å². The highest BCUT2D eigenvalue weighted by molar-refractivity contribution is 5.90. The average molecular weight is 332 g/mol. The first-order valence-electron chi connectivity index (χ1n) is 7.85. The highest BCUT2D eigenvalue weighted by atomic mass is 16.5. The van der Waals surface area contributed by atoms with Crippen molar-refractivity contribution in [3.63, 3.8) is 0 Å². The van der Waals surface area contributed by atoms with Crippen LogP contribution in [0.2, 0.25) is 0 Å². The van der Waals surface area contributed by atoms with Gasteiger partial charge in [0.05, 0.1) is 6.07 Å². The number of amides is 1. The van der Waals surface area contributed by atoms with Gasteiger partial charge in [-0.15, -0.1) is 0 Å². The van der Waals surface area contributed by atoms with E-state index in [4.69, 9.17) is 4.74 Å². The number of nitrogens with zero attached hydrogens (tertiary/aromatic N) is 3. The predicted octanol–water partition coefficient (Wildman–Crippen LogP) is 0.668. The SMILES string of the molecule is CC(OC(=O)c1ccc(=O)n(C)n1)C(=O)NC1(C#N)CCCCC1. The Labute approximate surface area is 139 Å². The molecule has 0 radical (unpaired) electrons. The van der Waals surface area contributed by atoms with Gasteiger partial charge in [-0.2, -0.15) is 10.4 Å². The van der Waals surface area contributed by atoms with Crippen molar-refractivity contribution >= 4 is 11.9 Å². The zero-order valence-corrected chi connectivity index (χ0v) is 13.7. The Kier molecular flexibility index (Phi) is 5.34. The van der Waals surface area contributed by atoms with Crippen LogP contribution in [0, 0.1) is 11.3 Å². The zero-order valence-electron chi connectivity index (χ0n) is 13.7. The summed E-state index contributed by atoms with van der Waals surface area (Å²) in [5.74, 6) is -1.32. The largest absolute Gasteiger partial charge is 0.448 e. The van der Waals surface area contributed by atoms with Crippen LogP contribution in [0.25, 0.3) is 0 Å². The molecule has 8 heteroatoms. The second-order valence-electron chi connectivity index (χ2n) is 5.97. The van der Waals surface area contributed by atoms with Gasteiger partial charge in [0.1, 0.15) is 5.54 Å². The molecule has 1 aliphatic rings. The lowest BCUT2D eigenvalue weighted by Crippen LogP contribution is -2.52. The van der Waals surface area contributed by atoms with E-state index in [-0.39, 0.29) is 11.3 Å². The fourth-order valence-corrected chi connectivity index (χ4v) is 2.64. The average Bonchev–Trinajstić information content (AvgIpc) is 2.58. The molecule has 128 valence electrons. The summed E-state index contributed by atoms with van der Waals surface area (Å²) in [6.07, 6.45) is 2.93. The van der Waals surface area contributed by atoms with Crippen molar-refractivity contribution < 1.29 is 14.3 Å². The number of rotatable bonds is 4. The second-order valence-corrected chi connectivity index (χ2v) is 5.97. The summed E-state index contributed by atoms with van der Waals surface area (Å²) in [6.45, 7) is 1.43. The number of carbonyl (C=O) groups is 2. The Hall–Kier alpha value is -2.69. The fraction of sp³-hybridized carbons (Fsp3) is 0.562. The minimum atomic E-state index is -1.07. The third kappa shape index (κ3) is 3.98. The summed E-state index contributed by atoms with van der Waals surface area (Å²) in [5, 5.41) is 15.9. The summed E-state index contributed by atoms with van der Waals surface area (Å²) < 4.78 is 6.09. The Morgan fingerprint density at radius 1 is 1.38 bits per heavy atom. The maximum Gasteiger partial charge on any atom is 0.359 e. The van der Waals surface area contributed by atoms with Crippen molar-refractivity contribution in [2.24, 2.45) is 7.05 Å². The molecule has 1 fully saturated rings. The van der Waals surface area contributed by atoms with E-state index >= 15 is 0 Å². The van der Waals surface area contributed by atoms with Crippen molar-refractivity contribution in [3.05, 3.63) is 28.2 Å². The fourth-order valence-electron chi connectivity index (χ4n) is 2.64. The van der Waals surface area contributed by atoms with Crippen LogP contribution in [-0.4, -0.2) is 33.3 Å². The van der Waals surface area contributed by atoms with Gasteiger partial charge in [-0.1, -0.05) is 19.3 Å². The lowest BCUT2D eigenvalue weighted by molar-refractivity contribution is -0.130. The molecule has 0 spiro atoms. The molecule has 1 heterocycles. The van der Waals surface area contributed by atoms with E-state index in [0.717, 1.165) is 23.9 Å². The lowest BCUT2D eigenvalue weighted by atomic mass is 9.83. The molecule has 1 N–H and O–H groups in total. The van der Waals surface area contributed by atoms with E-state index in [1.807, 2.05) is 0 Å². The molecule has 1 aliphatic carbocycles. The maximum absolute atomic E-state index is 12.2. The molecule has 0 aliphatic heterocycles. The molecule has 8 nitrogen and oxygen atoms in total. The lowest BCUT2D eigenvalue weighted by Gasteiger charge is -2.32. The number of carbonyl (C=O) groups excluding carboxylic acids is 2. The molecule has 1 atom stereocenters. The quantitative estimate of drug-likeness (QED) is 0.811. The van der Waals surface area contributed by atoms with Crippen molar-refractivity contribution in [1.82, 2.24) is 15.1 Å². The minimum Gasteiger partial charge on any atom is -0.448 e. The molecule has 1 unspecified atom stereocenters. The van der Waals surface area contributed by atoms with Crippen LogP contribution in [0.15, 0.2) is 16.9 Å². The first kappa shape index (κ1) is 17.7. The monoisotopic (exact) mass is 332 g/mol. The van der Waals surface area contributed by atoms with E-state index < -0.39 is 23.5 Å². The van der Waals surface area contributed by atoms with Crippen molar-refractivity contribution in [2.45, 2.75) is 50.7 Å². The van der Waals surface area contributed by atoms with Gasteiger partial charge < -0.3 is 10.1 Å². The Morgan fingerprint density at radius 2 is 2.04 bits per heavy atom. The van der Waals surface area contributed by atoms with Gasteiger partial charge in [0.15, 0.2) is 11.8 Å². The summed E-state index contributed by atoms with van der Waals surface area (Å²) in [5.41, 5.74) is -1.31. The van der Waals surface area contributed by atoms with E-state index in [0.29, 0.717) is 12.8 Å². The van der Waals surface area contributed by atoms with Crippen LogP contribution >= 0.6 is 0 Å². The van der Waals surface area contributed by atoms with Gasteiger partial charge in [-0.3, -0.25) is 9.59 Å². The van der Waals surface area contributed by atoms with Gasteiger partial charge in [0.25, 0.3) is 11.5 Å². The van der Waals surface area contributed by atoms with E-state index in [9.17, 15) is 19.6 Å². The number of nitriles is 1. The Balaban J connectivity index is 2.00. The summed E-state index contributed by atoms with van der Waals surface area (Å²) in [6, 6.07) is 4.62. The van der Waals surface area contributed by atoms with Gasteiger partial charge in [-0.05, 0) is 25.8 Å². The van der Waals surface area contributed by atoms with E-state index in [1.54, 1.807) is 0 Å². The van der Waals surface area contributed by atoms with Crippen LogP contribution in [0.3, 0.4) is 0 Å². The Morgan fingerprint density at radius 3 is 2.62 bits per heavy atom. The number of nitrogens with one attached hydrogen (secondary N) is 1. The predicted molar refractivity (Wildman–Crippen MR) is 83.9 cm³/mol. The van der Waals surface area contributed by atoms with Crippen LogP contribution in [0.5, 0.6) is 0 Å². The van der Waals surface area contributed by atoms with Crippen molar-refractivity contribution in [1.29, 1.82) is 5.26 Å². The second kappa shape index (κ2) is 7.25. The number of hydrogen-bond acceptors (Lipinski definition) is 6. The molecule has 0 bridgehead atoms. The zero-order chi connectivity index (χ0) is 17.7. The van der Waals surface area contributed by atoms with Gasteiger partial charge in [0, 0.05) is 13.1 Å². The first-order valence-corrected chi connectivity index (χ1v) is 7.85. The molecule has 1 aromatic rings. The molecule has 0 saturated heterocycles. The highest BCUT2D eigenvalue weighted by Gasteiger charge is 2.35. The van der Waals surface area contributed by atoms with Crippen LogP contribution in [0.1, 0.15) is 49.5 Å². The molecule has 2 rings (SSSR count). The molecular weight excluding hydrogens is 312 g/mol. The molecule has 1 amide bonds. The van der Waals surface area contributed by atoms with Gasteiger partial charge >= 0.3 is 5.97 Å². The van der Waals surface area contributed by atoms with Crippen LogP contribution < -0.4 is 10.9 Å². The number of aryl methyl sites for hydroxylation is 1. The maximum atomic E-state index is 12.2. The van der Waals surface area contributed by atoms with Crippen LogP contribution in [0.4, 0.5) is 0 Å². The van der Waals surface area contributed by atoms with Crippen molar-refractivity contribution in [3.8, 4) is 6.07 Å². The first-order chi connectivity index (χ1) is 11.4. The smallest absolute Gasteiger partial charge is 0.359 e. The molecule has 24 heavy (non-hydrogen) atoms. The minimum absolute atomic E-state index is 0.0654. The van der Waals surface area contributed by atoms with Crippen LogP contribution in [-0.2, 0) is 16.6 Å². The number of ether oxygens (including phenoxy) is 1. The molecular formula is C16H20N4O4. The third-order valence-electron chi connectivity index (χ3n) is 4.11. The summed E-state index contributed by atoms with van der Waals surface area (Å²) in [7, 11) is 1.41. The number of hydrogen-bond donors (Lipinski definition) is 1. The number of aromatic nitrogens is 2. The van der Waals surface area contributed by atoms with Crippen molar-refractivity contribution in [2.75, 3.05) is 0 Å². The standard InChI is InChI=1S/C16H20N4O4/c1-11(14(22)18-16(10-17)8-4-3-5-9-16)24-15(23)12-6-7-13(21)20(2)19-12/h6-7,11H,3-5,8-9H2,1-2H3,(H,18,22). The third-order valence-corrected chi connectivity index (χ3v) is 4.11. The molecule has 1 aromatic heterocycles.